The Balaban J connectivity index is 1.82. The van der Waals surface area contributed by atoms with Gasteiger partial charge in [0.15, 0.2) is 0 Å². The third kappa shape index (κ3) is 2.11. The Labute approximate surface area is 114 Å². The lowest BCUT2D eigenvalue weighted by Crippen LogP contribution is -2.49. The van der Waals surface area contributed by atoms with E-state index in [4.69, 9.17) is 4.74 Å². The van der Waals surface area contributed by atoms with Gasteiger partial charge in [0.1, 0.15) is 0 Å². The molecule has 19 heavy (non-hydrogen) atoms. The summed E-state index contributed by atoms with van der Waals surface area (Å²) in [5.41, 5.74) is 2.47. The minimum atomic E-state index is -0.251. The van der Waals surface area contributed by atoms with Gasteiger partial charge in [0, 0.05) is 18.8 Å². The van der Waals surface area contributed by atoms with E-state index in [0.717, 1.165) is 38.8 Å². The Morgan fingerprint density at radius 1 is 1.32 bits per heavy atom. The fourth-order valence-electron chi connectivity index (χ4n) is 3.39. The van der Waals surface area contributed by atoms with Gasteiger partial charge in [-0.15, -0.1) is 0 Å². The van der Waals surface area contributed by atoms with Crippen LogP contribution in [0.2, 0.25) is 0 Å². The number of hydrogen-bond acceptors (Lipinski definition) is 3. The first-order valence-electron chi connectivity index (χ1n) is 7.16. The Morgan fingerprint density at radius 3 is 2.79 bits per heavy atom. The Kier molecular flexibility index (Phi) is 3.21. The number of para-hydroxylation sites is 1. The number of carbonyl (C=O) groups is 1. The van der Waals surface area contributed by atoms with E-state index in [1.54, 1.807) is 0 Å². The molecule has 0 saturated heterocycles. The summed E-state index contributed by atoms with van der Waals surface area (Å²) in [4.78, 5) is 14.4. The van der Waals surface area contributed by atoms with Gasteiger partial charge < -0.3 is 9.64 Å². The van der Waals surface area contributed by atoms with Crippen molar-refractivity contribution < 1.29 is 9.53 Å². The van der Waals surface area contributed by atoms with Crippen molar-refractivity contribution >= 4 is 11.7 Å². The molecule has 1 aliphatic carbocycles. The van der Waals surface area contributed by atoms with Crippen LogP contribution in [0.3, 0.4) is 0 Å². The zero-order valence-corrected chi connectivity index (χ0v) is 11.5. The highest BCUT2D eigenvalue weighted by Gasteiger charge is 2.46. The number of ether oxygens (including phenoxy) is 1. The second-order valence-electron chi connectivity index (χ2n) is 5.78. The predicted octanol–water partition coefficient (Wildman–Crippen LogP) is 2.78. The number of rotatable bonds is 3. The summed E-state index contributed by atoms with van der Waals surface area (Å²) in [5, 5.41) is 0. The first kappa shape index (κ1) is 12.5. The SMILES string of the molecule is COC(=O)C1(CN2CCCc3ccccc32)CCC1. The maximum absolute atomic E-state index is 12.1. The number of anilines is 1. The molecule has 0 atom stereocenters. The Bertz CT molecular complexity index is 479. The summed E-state index contributed by atoms with van der Waals surface area (Å²) in [7, 11) is 1.51. The van der Waals surface area contributed by atoms with Crippen LogP contribution in [0.15, 0.2) is 24.3 Å². The van der Waals surface area contributed by atoms with Crippen LogP contribution in [0.4, 0.5) is 5.69 Å². The molecule has 1 saturated carbocycles. The molecule has 1 fully saturated rings. The molecular weight excluding hydrogens is 238 g/mol. The number of carbonyl (C=O) groups excluding carboxylic acids is 1. The fourth-order valence-corrected chi connectivity index (χ4v) is 3.39. The zero-order chi connectivity index (χ0) is 13.3. The van der Waals surface area contributed by atoms with Gasteiger partial charge in [0.25, 0.3) is 0 Å². The van der Waals surface area contributed by atoms with E-state index in [1.165, 1.54) is 24.8 Å². The molecule has 102 valence electrons. The van der Waals surface area contributed by atoms with E-state index in [1.807, 2.05) is 0 Å². The van der Waals surface area contributed by atoms with Crippen LogP contribution in [0, 0.1) is 5.41 Å². The topological polar surface area (TPSA) is 29.5 Å². The quantitative estimate of drug-likeness (QED) is 0.782. The van der Waals surface area contributed by atoms with Crippen LogP contribution in [0.25, 0.3) is 0 Å². The number of esters is 1. The molecule has 0 amide bonds. The predicted molar refractivity (Wildman–Crippen MR) is 75.3 cm³/mol. The fraction of sp³-hybridized carbons (Fsp3) is 0.562. The minimum Gasteiger partial charge on any atom is -0.469 e. The molecule has 0 bridgehead atoms. The molecule has 1 aliphatic heterocycles. The molecule has 2 aliphatic rings. The molecule has 3 rings (SSSR count). The van der Waals surface area contributed by atoms with Gasteiger partial charge in [0.05, 0.1) is 12.5 Å². The van der Waals surface area contributed by atoms with Crippen molar-refractivity contribution in [2.75, 3.05) is 25.1 Å². The lowest BCUT2D eigenvalue weighted by Gasteiger charge is -2.44. The summed E-state index contributed by atoms with van der Waals surface area (Å²) >= 11 is 0. The van der Waals surface area contributed by atoms with E-state index in [9.17, 15) is 4.79 Å². The van der Waals surface area contributed by atoms with E-state index in [-0.39, 0.29) is 11.4 Å². The number of fused-ring (bicyclic) bond motifs is 1. The summed E-state index contributed by atoms with van der Waals surface area (Å²) in [6.07, 6.45) is 5.41. The average molecular weight is 259 g/mol. The van der Waals surface area contributed by atoms with Crippen molar-refractivity contribution in [2.24, 2.45) is 5.41 Å². The van der Waals surface area contributed by atoms with Gasteiger partial charge in [0.2, 0.25) is 0 Å². The first-order valence-corrected chi connectivity index (χ1v) is 7.16. The van der Waals surface area contributed by atoms with E-state index in [0.29, 0.717) is 0 Å². The van der Waals surface area contributed by atoms with Crippen LogP contribution in [0.5, 0.6) is 0 Å². The van der Waals surface area contributed by atoms with Gasteiger partial charge in [-0.1, -0.05) is 24.6 Å². The average Bonchev–Trinajstić information content (AvgIpc) is 2.42. The number of nitrogens with zero attached hydrogens (tertiary/aromatic N) is 1. The number of benzene rings is 1. The molecule has 0 unspecified atom stereocenters. The summed E-state index contributed by atoms with van der Waals surface area (Å²) < 4.78 is 5.02. The molecule has 0 N–H and O–H groups in total. The zero-order valence-electron chi connectivity index (χ0n) is 11.5. The van der Waals surface area contributed by atoms with E-state index in [2.05, 4.69) is 29.2 Å². The molecule has 0 spiro atoms. The number of methoxy groups -OCH3 is 1. The highest BCUT2D eigenvalue weighted by Crippen LogP contribution is 2.44. The van der Waals surface area contributed by atoms with E-state index < -0.39 is 0 Å². The van der Waals surface area contributed by atoms with Crippen molar-refractivity contribution in [1.82, 2.24) is 0 Å². The lowest BCUT2D eigenvalue weighted by atomic mass is 9.68. The molecule has 3 nitrogen and oxygen atoms in total. The van der Waals surface area contributed by atoms with Crippen LogP contribution in [0.1, 0.15) is 31.2 Å². The molecule has 1 heterocycles. The molecular formula is C16H21NO2. The molecule has 0 radical (unpaired) electrons. The normalized spacial score (nSPS) is 20.4. The smallest absolute Gasteiger partial charge is 0.313 e. The maximum Gasteiger partial charge on any atom is 0.313 e. The molecule has 3 heteroatoms. The van der Waals surface area contributed by atoms with E-state index >= 15 is 0 Å². The Hall–Kier alpha value is -1.51. The maximum atomic E-state index is 12.1. The first-order chi connectivity index (χ1) is 9.25. The van der Waals surface area contributed by atoms with Crippen molar-refractivity contribution in [2.45, 2.75) is 32.1 Å². The highest BCUT2D eigenvalue weighted by atomic mass is 16.5. The van der Waals surface area contributed by atoms with Crippen molar-refractivity contribution in [3.63, 3.8) is 0 Å². The van der Waals surface area contributed by atoms with Gasteiger partial charge in [-0.2, -0.15) is 0 Å². The van der Waals surface area contributed by atoms with Crippen LogP contribution in [-0.2, 0) is 16.0 Å². The second kappa shape index (κ2) is 4.87. The third-order valence-corrected chi connectivity index (χ3v) is 4.63. The monoisotopic (exact) mass is 259 g/mol. The van der Waals surface area contributed by atoms with Gasteiger partial charge in [-0.25, -0.2) is 0 Å². The standard InChI is InChI=1S/C16H21NO2/c1-19-15(18)16(9-5-10-16)12-17-11-4-7-13-6-2-3-8-14(13)17/h2-3,6,8H,4-5,7,9-12H2,1H3. The number of aryl methyl sites for hydroxylation is 1. The highest BCUT2D eigenvalue weighted by molar-refractivity contribution is 5.79. The minimum absolute atomic E-state index is 0.0261. The second-order valence-corrected chi connectivity index (χ2v) is 5.78. The van der Waals surface area contributed by atoms with Crippen molar-refractivity contribution in [3.05, 3.63) is 29.8 Å². The molecule has 1 aromatic rings. The summed E-state index contributed by atoms with van der Waals surface area (Å²) in [6, 6.07) is 8.57. The van der Waals surface area contributed by atoms with Gasteiger partial charge in [-0.3, -0.25) is 4.79 Å². The molecule has 0 aromatic heterocycles. The van der Waals surface area contributed by atoms with Crippen LogP contribution < -0.4 is 4.90 Å². The summed E-state index contributed by atoms with van der Waals surface area (Å²) in [5.74, 6) is -0.0261. The van der Waals surface area contributed by atoms with Crippen molar-refractivity contribution in [3.8, 4) is 0 Å². The largest absolute Gasteiger partial charge is 0.469 e. The van der Waals surface area contributed by atoms with Crippen LogP contribution >= 0.6 is 0 Å². The number of hydrogen-bond donors (Lipinski definition) is 0. The molecule has 1 aromatic carbocycles. The lowest BCUT2D eigenvalue weighted by molar-refractivity contribution is -0.157. The third-order valence-electron chi connectivity index (χ3n) is 4.63. The summed E-state index contributed by atoms with van der Waals surface area (Å²) in [6.45, 7) is 1.87. The Morgan fingerprint density at radius 2 is 2.11 bits per heavy atom. The van der Waals surface area contributed by atoms with Crippen molar-refractivity contribution in [1.29, 1.82) is 0 Å². The van der Waals surface area contributed by atoms with Gasteiger partial charge >= 0.3 is 5.97 Å². The van der Waals surface area contributed by atoms with Gasteiger partial charge in [-0.05, 0) is 37.3 Å². The van der Waals surface area contributed by atoms with Crippen LogP contribution in [-0.4, -0.2) is 26.2 Å².